The van der Waals surface area contributed by atoms with Gasteiger partial charge in [-0.05, 0) is 29.7 Å². The monoisotopic (exact) mass is 290 g/mol. The Morgan fingerprint density at radius 1 is 1.05 bits per heavy atom. The Balaban J connectivity index is 2.22. The number of hydrogen-bond donors (Lipinski definition) is 1. The van der Waals surface area contributed by atoms with Crippen molar-refractivity contribution in [3.05, 3.63) is 65.0 Å². The van der Waals surface area contributed by atoms with Crippen molar-refractivity contribution in [1.29, 1.82) is 0 Å². The number of aryl methyl sites for hydroxylation is 1. The van der Waals surface area contributed by atoms with Gasteiger partial charge in [0, 0.05) is 12.7 Å². The minimum atomic E-state index is -3.24. The average molecular weight is 290 g/mol. The van der Waals surface area contributed by atoms with Crippen LogP contribution in [0.15, 0.2) is 42.6 Å². The lowest BCUT2D eigenvalue weighted by Crippen LogP contribution is -2.12. The lowest BCUT2D eigenvalue weighted by atomic mass is 10.1. The first-order chi connectivity index (χ1) is 9.52. The summed E-state index contributed by atoms with van der Waals surface area (Å²) in [4.78, 5) is 4.12. The minimum absolute atomic E-state index is 0.0261. The highest BCUT2D eigenvalue weighted by Gasteiger charge is 2.16. The third-order valence-electron chi connectivity index (χ3n) is 3.19. The molecule has 1 aromatic carbocycles. The molecular formula is C15H18N2O2S. The summed E-state index contributed by atoms with van der Waals surface area (Å²) in [6.45, 7) is 2.16. The zero-order valence-corrected chi connectivity index (χ0v) is 12.2. The Kier molecular flexibility index (Phi) is 4.52. The lowest BCUT2D eigenvalue weighted by molar-refractivity contribution is 0.594. The van der Waals surface area contributed by atoms with Gasteiger partial charge in [-0.25, -0.2) is 8.42 Å². The number of benzene rings is 1. The Morgan fingerprint density at radius 3 is 2.40 bits per heavy atom. The van der Waals surface area contributed by atoms with Crippen LogP contribution in [0.25, 0.3) is 0 Å². The van der Waals surface area contributed by atoms with Crippen LogP contribution in [0.3, 0.4) is 0 Å². The zero-order valence-electron chi connectivity index (χ0n) is 11.4. The molecule has 0 unspecified atom stereocenters. The second kappa shape index (κ2) is 6.15. The van der Waals surface area contributed by atoms with E-state index in [0.29, 0.717) is 11.3 Å². The van der Waals surface area contributed by atoms with Crippen molar-refractivity contribution in [2.24, 2.45) is 5.73 Å². The van der Waals surface area contributed by atoms with Crippen LogP contribution < -0.4 is 5.73 Å². The highest BCUT2D eigenvalue weighted by Crippen LogP contribution is 2.16. The third kappa shape index (κ3) is 3.65. The Hall–Kier alpha value is -1.72. The van der Waals surface area contributed by atoms with Crippen molar-refractivity contribution in [2.45, 2.75) is 25.0 Å². The van der Waals surface area contributed by atoms with Crippen LogP contribution in [-0.4, -0.2) is 13.4 Å². The summed E-state index contributed by atoms with van der Waals surface area (Å²) in [5.41, 5.74) is 8.74. The Bertz CT molecular complexity index is 697. The van der Waals surface area contributed by atoms with Gasteiger partial charge in [-0.3, -0.25) is 4.98 Å². The maximum absolute atomic E-state index is 12.3. The molecule has 0 aliphatic carbocycles. The average Bonchev–Trinajstić information content (AvgIpc) is 2.41. The SMILES string of the molecule is Cc1ccccc1CS(=O)(=O)Cc1cccnc1CN. The summed E-state index contributed by atoms with van der Waals surface area (Å²) in [7, 11) is -3.24. The van der Waals surface area contributed by atoms with E-state index in [1.807, 2.05) is 31.2 Å². The van der Waals surface area contributed by atoms with Crippen molar-refractivity contribution in [2.75, 3.05) is 0 Å². The van der Waals surface area contributed by atoms with Crippen LogP contribution in [0.1, 0.15) is 22.4 Å². The van der Waals surface area contributed by atoms with E-state index in [9.17, 15) is 8.42 Å². The van der Waals surface area contributed by atoms with Crippen LogP contribution in [0.4, 0.5) is 0 Å². The molecule has 2 N–H and O–H groups in total. The van der Waals surface area contributed by atoms with Gasteiger partial charge in [0.2, 0.25) is 0 Å². The van der Waals surface area contributed by atoms with Gasteiger partial charge in [-0.2, -0.15) is 0 Å². The molecule has 0 spiro atoms. The molecule has 5 heteroatoms. The van der Waals surface area contributed by atoms with E-state index in [2.05, 4.69) is 4.98 Å². The summed E-state index contributed by atoms with van der Waals surface area (Å²) in [5.74, 6) is 0.0142. The number of sulfone groups is 1. The summed E-state index contributed by atoms with van der Waals surface area (Å²) in [6, 6.07) is 11.0. The Labute approximate surface area is 119 Å². The first kappa shape index (κ1) is 14.7. The molecule has 0 aliphatic rings. The van der Waals surface area contributed by atoms with Crippen LogP contribution >= 0.6 is 0 Å². The van der Waals surface area contributed by atoms with E-state index in [0.717, 1.165) is 11.1 Å². The van der Waals surface area contributed by atoms with Gasteiger partial charge in [0.1, 0.15) is 0 Å². The minimum Gasteiger partial charge on any atom is -0.325 e. The zero-order chi connectivity index (χ0) is 14.6. The van der Waals surface area contributed by atoms with Crippen LogP contribution in [0.5, 0.6) is 0 Å². The second-order valence-corrected chi connectivity index (χ2v) is 6.84. The highest BCUT2D eigenvalue weighted by atomic mass is 32.2. The fourth-order valence-corrected chi connectivity index (χ4v) is 3.72. The molecule has 1 aromatic heterocycles. The van der Waals surface area contributed by atoms with Crippen molar-refractivity contribution in [1.82, 2.24) is 4.98 Å². The molecule has 0 saturated carbocycles. The van der Waals surface area contributed by atoms with Crippen molar-refractivity contribution in [3.8, 4) is 0 Å². The molecule has 0 atom stereocenters. The highest BCUT2D eigenvalue weighted by molar-refractivity contribution is 7.89. The molecule has 0 bridgehead atoms. The van der Waals surface area contributed by atoms with E-state index >= 15 is 0 Å². The molecule has 0 saturated heterocycles. The standard InChI is InChI=1S/C15H18N2O2S/c1-12-5-2-3-6-13(12)10-20(18,19)11-14-7-4-8-17-15(14)9-16/h2-8H,9-11,16H2,1H3. The predicted molar refractivity (Wildman–Crippen MR) is 79.6 cm³/mol. The molecule has 2 aromatic rings. The lowest BCUT2D eigenvalue weighted by Gasteiger charge is -2.09. The van der Waals surface area contributed by atoms with Crippen LogP contribution in [0, 0.1) is 6.92 Å². The van der Waals surface area contributed by atoms with Crippen molar-refractivity contribution >= 4 is 9.84 Å². The molecule has 106 valence electrons. The van der Waals surface area contributed by atoms with E-state index in [1.165, 1.54) is 0 Å². The van der Waals surface area contributed by atoms with E-state index in [1.54, 1.807) is 18.3 Å². The molecule has 0 radical (unpaired) electrons. The fourth-order valence-electron chi connectivity index (χ4n) is 2.08. The number of nitrogens with zero attached hydrogens (tertiary/aromatic N) is 1. The van der Waals surface area contributed by atoms with Gasteiger partial charge in [0.25, 0.3) is 0 Å². The number of aromatic nitrogens is 1. The number of pyridine rings is 1. The smallest absolute Gasteiger partial charge is 0.158 e. The molecule has 1 heterocycles. The summed E-state index contributed by atoms with van der Waals surface area (Å²) >= 11 is 0. The number of hydrogen-bond acceptors (Lipinski definition) is 4. The summed E-state index contributed by atoms with van der Waals surface area (Å²) in [5, 5.41) is 0. The fraction of sp³-hybridized carbons (Fsp3) is 0.267. The number of nitrogens with two attached hydrogens (primary N) is 1. The topological polar surface area (TPSA) is 73.0 Å². The van der Waals surface area contributed by atoms with Crippen LogP contribution in [0.2, 0.25) is 0 Å². The molecule has 0 fully saturated rings. The van der Waals surface area contributed by atoms with Gasteiger partial charge in [-0.1, -0.05) is 30.3 Å². The largest absolute Gasteiger partial charge is 0.325 e. The third-order valence-corrected chi connectivity index (χ3v) is 4.69. The van der Waals surface area contributed by atoms with Gasteiger partial charge >= 0.3 is 0 Å². The molecule has 0 amide bonds. The first-order valence-corrected chi connectivity index (χ1v) is 8.22. The van der Waals surface area contributed by atoms with E-state index < -0.39 is 9.84 Å². The quantitative estimate of drug-likeness (QED) is 0.913. The molecule has 0 aliphatic heterocycles. The molecule has 2 rings (SSSR count). The van der Waals surface area contributed by atoms with E-state index in [-0.39, 0.29) is 18.1 Å². The van der Waals surface area contributed by atoms with Gasteiger partial charge in [-0.15, -0.1) is 0 Å². The van der Waals surface area contributed by atoms with Crippen molar-refractivity contribution < 1.29 is 8.42 Å². The second-order valence-electron chi connectivity index (χ2n) is 4.77. The van der Waals surface area contributed by atoms with Crippen molar-refractivity contribution in [3.63, 3.8) is 0 Å². The summed E-state index contributed by atoms with van der Waals surface area (Å²) in [6.07, 6.45) is 1.62. The molecule has 20 heavy (non-hydrogen) atoms. The van der Waals surface area contributed by atoms with Gasteiger partial charge < -0.3 is 5.73 Å². The van der Waals surface area contributed by atoms with E-state index in [4.69, 9.17) is 5.73 Å². The molecule has 4 nitrogen and oxygen atoms in total. The van der Waals surface area contributed by atoms with Gasteiger partial charge in [0.05, 0.1) is 17.2 Å². The maximum atomic E-state index is 12.3. The molecular weight excluding hydrogens is 272 g/mol. The number of rotatable bonds is 5. The van der Waals surface area contributed by atoms with Crippen LogP contribution in [-0.2, 0) is 27.9 Å². The normalized spacial score (nSPS) is 11.5. The van der Waals surface area contributed by atoms with Gasteiger partial charge in [0.15, 0.2) is 9.84 Å². The predicted octanol–water partition coefficient (Wildman–Crippen LogP) is 1.96. The summed E-state index contributed by atoms with van der Waals surface area (Å²) < 4.78 is 24.6. The first-order valence-electron chi connectivity index (χ1n) is 6.39. The Morgan fingerprint density at radius 2 is 1.70 bits per heavy atom. The maximum Gasteiger partial charge on any atom is 0.158 e.